The van der Waals surface area contributed by atoms with Crippen LogP contribution in [0, 0.1) is 0 Å². The van der Waals surface area contributed by atoms with Crippen LogP contribution in [-0.2, 0) is 4.74 Å². The first-order valence-electron chi connectivity index (χ1n) is 11.5. The number of carbonyl (C=O) groups excluding carboxylic acids is 2. The number of carbonyl (C=O) groups is 2. The number of nitrogens with one attached hydrogen (secondary N) is 1. The highest BCUT2D eigenvalue weighted by Crippen LogP contribution is 2.46. The SMILES string of the molecule is COC(=O)c1ccc2c3c(cc(N)c2c1)N(C(=O)c1cc2cc(OC)c(OC)c(OC)c2[nH]1)CC3CCl. The molecule has 2 heterocycles. The first-order chi connectivity index (χ1) is 17.9. The number of nitrogens with zero attached hydrogens (tertiary/aromatic N) is 1. The monoisotopic (exact) mass is 523 g/mol. The zero-order valence-electron chi connectivity index (χ0n) is 20.8. The fourth-order valence-corrected chi connectivity index (χ4v) is 5.34. The third-order valence-electron chi connectivity index (χ3n) is 6.79. The van der Waals surface area contributed by atoms with Crippen LogP contribution in [0.4, 0.5) is 11.4 Å². The van der Waals surface area contributed by atoms with E-state index in [1.807, 2.05) is 6.07 Å². The van der Waals surface area contributed by atoms with Crippen LogP contribution in [0.1, 0.15) is 32.3 Å². The Labute approximate surface area is 218 Å². The number of alkyl halides is 1. The number of aromatic amines is 1. The summed E-state index contributed by atoms with van der Waals surface area (Å²) in [5, 5.41) is 2.29. The molecule has 1 amide bonds. The average molecular weight is 524 g/mol. The van der Waals surface area contributed by atoms with Crippen molar-refractivity contribution in [3.05, 3.63) is 53.2 Å². The summed E-state index contributed by atoms with van der Waals surface area (Å²) < 4.78 is 21.3. The second-order valence-corrected chi connectivity index (χ2v) is 9.02. The highest BCUT2D eigenvalue weighted by atomic mass is 35.5. The third kappa shape index (κ3) is 3.77. The zero-order chi connectivity index (χ0) is 26.4. The van der Waals surface area contributed by atoms with Crippen LogP contribution in [0.15, 0.2) is 36.4 Å². The maximum atomic E-state index is 13.8. The maximum absolute atomic E-state index is 13.8. The van der Waals surface area contributed by atoms with Gasteiger partial charge in [0.05, 0.1) is 45.2 Å². The molecule has 192 valence electrons. The smallest absolute Gasteiger partial charge is 0.337 e. The van der Waals surface area contributed by atoms with Crippen molar-refractivity contribution in [3.63, 3.8) is 0 Å². The van der Waals surface area contributed by atoms with Crippen LogP contribution in [0.25, 0.3) is 21.7 Å². The first kappa shape index (κ1) is 24.6. The van der Waals surface area contributed by atoms with Crippen LogP contribution >= 0.6 is 11.6 Å². The summed E-state index contributed by atoms with van der Waals surface area (Å²) in [5.74, 6) is 0.857. The van der Waals surface area contributed by atoms with Crippen molar-refractivity contribution >= 4 is 56.5 Å². The molecule has 1 aliphatic rings. The molecule has 1 aromatic heterocycles. The fourth-order valence-electron chi connectivity index (χ4n) is 5.09. The normalized spacial score (nSPS) is 14.6. The van der Waals surface area contributed by atoms with Gasteiger partial charge in [-0.1, -0.05) is 6.07 Å². The predicted octanol–water partition coefficient (Wildman–Crippen LogP) is 4.70. The summed E-state index contributed by atoms with van der Waals surface area (Å²) in [6.07, 6.45) is 0. The van der Waals surface area contributed by atoms with E-state index < -0.39 is 5.97 Å². The van der Waals surface area contributed by atoms with Gasteiger partial charge in [-0.05, 0) is 41.3 Å². The number of aromatic nitrogens is 1. The van der Waals surface area contributed by atoms with Gasteiger partial charge in [0.15, 0.2) is 11.5 Å². The number of halogens is 1. The Bertz CT molecular complexity index is 1560. The van der Waals surface area contributed by atoms with Crippen molar-refractivity contribution < 1.29 is 28.5 Å². The highest BCUT2D eigenvalue weighted by molar-refractivity contribution is 6.19. The summed E-state index contributed by atoms with van der Waals surface area (Å²) in [4.78, 5) is 30.8. The summed E-state index contributed by atoms with van der Waals surface area (Å²) in [5.41, 5.74) is 9.84. The van der Waals surface area contributed by atoms with E-state index in [0.717, 1.165) is 16.3 Å². The summed E-state index contributed by atoms with van der Waals surface area (Å²) in [6, 6.07) is 10.5. The van der Waals surface area contributed by atoms with Gasteiger partial charge in [0.25, 0.3) is 5.91 Å². The fraction of sp³-hybridized carbons (Fsp3) is 0.259. The summed E-state index contributed by atoms with van der Waals surface area (Å²) in [6.45, 7) is 0.383. The number of methoxy groups -OCH3 is 4. The van der Waals surface area contributed by atoms with E-state index >= 15 is 0 Å². The molecule has 0 aliphatic carbocycles. The topological polar surface area (TPSA) is 116 Å². The number of anilines is 2. The van der Waals surface area contributed by atoms with Crippen LogP contribution in [0.2, 0.25) is 0 Å². The Morgan fingerprint density at radius 3 is 2.43 bits per heavy atom. The maximum Gasteiger partial charge on any atom is 0.337 e. The minimum atomic E-state index is -0.449. The molecular weight excluding hydrogens is 498 g/mol. The molecule has 0 spiro atoms. The number of esters is 1. The van der Waals surface area contributed by atoms with Crippen molar-refractivity contribution in [2.24, 2.45) is 0 Å². The van der Waals surface area contributed by atoms with Gasteiger partial charge in [-0.15, -0.1) is 11.6 Å². The predicted molar refractivity (Wildman–Crippen MR) is 143 cm³/mol. The average Bonchev–Trinajstić information content (AvgIpc) is 3.52. The second kappa shape index (κ2) is 9.40. The van der Waals surface area contributed by atoms with Gasteiger partial charge >= 0.3 is 5.97 Å². The van der Waals surface area contributed by atoms with Crippen molar-refractivity contribution in [2.45, 2.75) is 5.92 Å². The quantitative estimate of drug-likeness (QED) is 0.214. The number of hydrogen-bond acceptors (Lipinski definition) is 7. The Kier molecular flexibility index (Phi) is 6.25. The first-order valence-corrected chi connectivity index (χ1v) is 12.0. The molecule has 0 radical (unpaired) electrons. The van der Waals surface area contributed by atoms with Gasteiger partial charge in [-0.25, -0.2) is 4.79 Å². The van der Waals surface area contributed by atoms with E-state index in [-0.39, 0.29) is 11.8 Å². The Morgan fingerprint density at radius 2 is 1.78 bits per heavy atom. The molecule has 10 heteroatoms. The highest BCUT2D eigenvalue weighted by Gasteiger charge is 2.35. The molecule has 37 heavy (non-hydrogen) atoms. The van der Waals surface area contributed by atoms with E-state index in [4.69, 9.17) is 36.3 Å². The molecule has 0 bridgehead atoms. The van der Waals surface area contributed by atoms with E-state index in [9.17, 15) is 9.59 Å². The molecule has 9 nitrogen and oxygen atoms in total. The van der Waals surface area contributed by atoms with Gasteiger partial charge in [-0.3, -0.25) is 4.79 Å². The largest absolute Gasteiger partial charge is 0.493 e. The number of rotatable bonds is 6. The van der Waals surface area contributed by atoms with Crippen LogP contribution < -0.4 is 24.8 Å². The van der Waals surface area contributed by atoms with E-state index in [2.05, 4.69) is 4.98 Å². The lowest BCUT2D eigenvalue weighted by Crippen LogP contribution is -2.30. The molecule has 1 unspecified atom stereocenters. The molecule has 1 aliphatic heterocycles. The van der Waals surface area contributed by atoms with Crippen molar-refractivity contribution in [2.75, 3.05) is 51.5 Å². The Hall–Kier alpha value is -4.11. The number of hydrogen-bond donors (Lipinski definition) is 2. The molecule has 5 rings (SSSR count). The van der Waals surface area contributed by atoms with Gasteiger partial charge in [0.1, 0.15) is 5.69 Å². The summed E-state index contributed by atoms with van der Waals surface area (Å²) in [7, 11) is 5.92. The number of nitrogen functional groups attached to an aromatic ring is 1. The van der Waals surface area contributed by atoms with Crippen molar-refractivity contribution in [3.8, 4) is 17.2 Å². The number of nitrogens with two attached hydrogens (primary N) is 1. The van der Waals surface area contributed by atoms with E-state index in [1.54, 1.807) is 35.2 Å². The minimum Gasteiger partial charge on any atom is -0.493 e. The summed E-state index contributed by atoms with van der Waals surface area (Å²) >= 11 is 6.37. The lowest BCUT2D eigenvalue weighted by Gasteiger charge is -2.18. The molecule has 0 saturated carbocycles. The van der Waals surface area contributed by atoms with Crippen LogP contribution in [0.3, 0.4) is 0 Å². The number of H-pyrrole nitrogens is 1. The van der Waals surface area contributed by atoms with Gasteiger partial charge < -0.3 is 34.6 Å². The van der Waals surface area contributed by atoms with E-state index in [1.165, 1.54) is 28.4 Å². The molecule has 0 saturated heterocycles. The molecule has 4 aromatic rings. The number of amides is 1. The molecule has 3 N–H and O–H groups in total. The zero-order valence-corrected chi connectivity index (χ0v) is 21.6. The van der Waals surface area contributed by atoms with Crippen molar-refractivity contribution in [1.82, 2.24) is 4.98 Å². The standard InChI is InChI=1S/C27H26ClN3O6/c1-34-21-9-14-8-19(30-23(14)25(36-3)24(21)35-2)26(32)31-12-15(11-28)22-16-6-5-13(27(33)37-4)7-17(16)18(29)10-20(22)31/h5-10,15,30H,11-12,29H2,1-4H3. The number of ether oxygens (including phenoxy) is 4. The van der Waals surface area contributed by atoms with Gasteiger partial charge in [0, 0.05) is 34.8 Å². The van der Waals surface area contributed by atoms with Crippen molar-refractivity contribution in [1.29, 1.82) is 0 Å². The molecule has 1 atom stereocenters. The van der Waals surface area contributed by atoms with Gasteiger partial charge in [-0.2, -0.15) is 0 Å². The number of benzene rings is 3. The van der Waals surface area contributed by atoms with Crippen LogP contribution in [0.5, 0.6) is 17.2 Å². The molecule has 3 aromatic carbocycles. The molecule has 0 fully saturated rings. The molecular formula is C27H26ClN3O6. The van der Waals surface area contributed by atoms with Crippen LogP contribution in [-0.4, -0.2) is 57.7 Å². The third-order valence-corrected chi connectivity index (χ3v) is 7.17. The Morgan fingerprint density at radius 1 is 1.03 bits per heavy atom. The second-order valence-electron chi connectivity index (χ2n) is 8.71. The minimum absolute atomic E-state index is 0.119. The Balaban J connectivity index is 1.63. The van der Waals surface area contributed by atoms with E-state index in [0.29, 0.717) is 63.2 Å². The lowest BCUT2D eigenvalue weighted by molar-refractivity contribution is 0.0600. The lowest BCUT2D eigenvalue weighted by atomic mass is 9.94. The van der Waals surface area contributed by atoms with Gasteiger partial charge in [0.2, 0.25) is 5.75 Å². The number of fused-ring (bicyclic) bond motifs is 4.